The molecule has 0 saturated carbocycles. The summed E-state index contributed by atoms with van der Waals surface area (Å²) in [5.74, 6) is 0.390. The Bertz CT molecular complexity index is 494. The van der Waals surface area contributed by atoms with Crippen LogP contribution in [0, 0.1) is 0 Å². The zero-order valence-electron chi connectivity index (χ0n) is 9.51. The Morgan fingerprint density at radius 1 is 1.47 bits per heavy atom. The third-order valence-corrected chi connectivity index (χ3v) is 2.36. The predicted octanol–water partition coefficient (Wildman–Crippen LogP) is 1.58. The highest BCUT2D eigenvalue weighted by molar-refractivity contribution is 5.69. The molecule has 2 aromatic rings. The van der Waals surface area contributed by atoms with Gasteiger partial charge in [0.1, 0.15) is 5.82 Å². The Morgan fingerprint density at radius 2 is 2.35 bits per heavy atom. The molecule has 0 amide bonds. The molecule has 0 saturated heterocycles. The summed E-state index contributed by atoms with van der Waals surface area (Å²) in [4.78, 5) is 22.6. The van der Waals surface area contributed by atoms with E-state index >= 15 is 0 Å². The fourth-order valence-corrected chi connectivity index (χ4v) is 1.48. The lowest BCUT2D eigenvalue weighted by molar-refractivity contribution is -0.140. The van der Waals surface area contributed by atoms with Gasteiger partial charge in [0.05, 0.1) is 24.9 Å². The molecule has 0 aliphatic heterocycles. The number of ether oxygens (including phenoxy) is 1. The second-order valence-corrected chi connectivity index (χ2v) is 3.52. The molecular formula is C12H13N3O2. The fourth-order valence-electron chi connectivity index (χ4n) is 1.48. The van der Waals surface area contributed by atoms with Crippen molar-refractivity contribution in [3.05, 3.63) is 36.4 Å². The summed E-state index contributed by atoms with van der Waals surface area (Å²) in [6, 6.07) is 5.67. The van der Waals surface area contributed by atoms with E-state index in [1.807, 2.05) is 24.4 Å². The maximum Gasteiger partial charge on any atom is 0.305 e. The molecule has 2 aromatic heterocycles. The summed E-state index contributed by atoms with van der Waals surface area (Å²) >= 11 is 0. The Morgan fingerprint density at radius 3 is 3.06 bits per heavy atom. The normalized spacial score (nSPS) is 10.2. The van der Waals surface area contributed by atoms with Crippen LogP contribution in [-0.2, 0) is 16.0 Å². The molecule has 0 spiro atoms. The Kier molecular flexibility index (Phi) is 3.49. The molecule has 5 nitrogen and oxygen atoms in total. The molecule has 0 aliphatic carbocycles. The third-order valence-electron chi connectivity index (χ3n) is 2.36. The molecule has 2 heterocycles. The van der Waals surface area contributed by atoms with Gasteiger partial charge in [-0.15, -0.1) is 0 Å². The van der Waals surface area contributed by atoms with Crippen molar-refractivity contribution >= 4 is 5.97 Å². The average Bonchev–Trinajstić information content (AvgIpc) is 2.90. The Balaban J connectivity index is 2.09. The van der Waals surface area contributed by atoms with Crippen molar-refractivity contribution in [1.29, 1.82) is 0 Å². The molecule has 0 aromatic carbocycles. The van der Waals surface area contributed by atoms with Crippen LogP contribution in [0.15, 0.2) is 30.6 Å². The van der Waals surface area contributed by atoms with E-state index in [1.165, 1.54) is 7.11 Å². The van der Waals surface area contributed by atoms with Gasteiger partial charge >= 0.3 is 5.97 Å². The van der Waals surface area contributed by atoms with Crippen LogP contribution in [0.25, 0.3) is 11.4 Å². The van der Waals surface area contributed by atoms with Crippen LogP contribution in [-0.4, -0.2) is 28.0 Å². The van der Waals surface area contributed by atoms with Crippen LogP contribution in [0.2, 0.25) is 0 Å². The monoisotopic (exact) mass is 231 g/mol. The highest BCUT2D eigenvalue weighted by Crippen LogP contribution is 2.13. The van der Waals surface area contributed by atoms with Gasteiger partial charge in [-0.3, -0.25) is 4.79 Å². The summed E-state index contributed by atoms with van der Waals surface area (Å²) in [7, 11) is 1.37. The quantitative estimate of drug-likeness (QED) is 0.811. The smallest absolute Gasteiger partial charge is 0.305 e. The molecular weight excluding hydrogens is 218 g/mol. The summed E-state index contributed by atoms with van der Waals surface area (Å²) in [5.41, 5.74) is 1.76. The number of rotatable bonds is 4. The van der Waals surface area contributed by atoms with Crippen LogP contribution in [0.5, 0.6) is 0 Å². The van der Waals surface area contributed by atoms with Crippen molar-refractivity contribution in [2.24, 2.45) is 0 Å². The maximum absolute atomic E-state index is 11.0. The van der Waals surface area contributed by atoms with E-state index in [2.05, 4.69) is 19.7 Å². The molecule has 0 fully saturated rings. The zero-order valence-corrected chi connectivity index (χ0v) is 9.51. The van der Waals surface area contributed by atoms with E-state index in [0.717, 1.165) is 11.4 Å². The Hall–Kier alpha value is -2.17. The van der Waals surface area contributed by atoms with Crippen molar-refractivity contribution in [3.63, 3.8) is 0 Å². The number of carbonyl (C=O) groups excluding carboxylic acids is 1. The highest BCUT2D eigenvalue weighted by atomic mass is 16.5. The van der Waals surface area contributed by atoms with Crippen molar-refractivity contribution in [2.45, 2.75) is 12.8 Å². The highest BCUT2D eigenvalue weighted by Gasteiger charge is 2.05. The number of carbonyl (C=O) groups is 1. The summed E-state index contributed by atoms with van der Waals surface area (Å²) < 4.78 is 4.57. The molecule has 88 valence electrons. The van der Waals surface area contributed by atoms with Gasteiger partial charge in [-0.05, 0) is 18.2 Å². The second kappa shape index (κ2) is 5.25. The van der Waals surface area contributed by atoms with Crippen molar-refractivity contribution < 1.29 is 9.53 Å². The number of nitrogens with one attached hydrogen (secondary N) is 1. The fraction of sp³-hybridized carbons (Fsp3) is 0.250. The lowest BCUT2D eigenvalue weighted by Crippen LogP contribution is -2.04. The summed E-state index contributed by atoms with van der Waals surface area (Å²) in [5, 5.41) is 0. The van der Waals surface area contributed by atoms with Crippen LogP contribution in [0.1, 0.15) is 12.2 Å². The van der Waals surface area contributed by atoms with Crippen LogP contribution < -0.4 is 0 Å². The zero-order chi connectivity index (χ0) is 12.1. The number of aromatic amines is 1. The molecule has 0 aliphatic rings. The van der Waals surface area contributed by atoms with Crippen LogP contribution in [0.3, 0.4) is 0 Å². The van der Waals surface area contributed by atoms with Gasteiger partial charge < -0.3 is 9.72 Å². The summed E-state index contributed by atoms with van der Waals surface area (Å²) in [6.07, 6.45) is 4.31. The van der Waals surface area contributed by atoms with Gasteiger partial charge in [-0.25, -0.2) is 9.97 Å². The largest absolute Gasteiger partial charge is 0.469 e. The SMILES string of the molecule is COC(=O)CCc1nccc(-c2ccc[nH]2)n1. The molecule has 17 heavy (non-hydrogen) atoms. The number of nitrogens with zero attached hydrogens (tertiary/aromatic N) is 2. The number of methoxy groups -OCH3 is 1. The first kappa shape index (κ1) is 11.3. The topological polar surface area (TPSA) is 67.9 Å². The van der Waals surface area contributed by atoms with Gasteiger partial charge in [0.15, 0.2) is 0 Å². The number of hydrogen-bond donors (Lipinski definition) is 1. The summed E-state index contributed by atoms with van der Waals surface area (Å²) in [6.45, 7) is 0. The van der Waals surface area contributed by atoms with E-state index in [4.69, 9.17) is 0 Å². The van der Waals surface area contributed by atoms with Crippen molar-refractivity contribution in [2.75, 3.05) is 7.11 Å². The van der Waals surface area contributed by atoms with E-state index in [1.54, 1.807) is 6.20 Å². The molecule has 1 N–H and O–H groups in total. The van der Waals surface area contributed by atoms with E-state index in [-0.39, 0.29) is 5.97 Å². The first-order valence-corrected chi connectivity index (χ1v) is 5.32. The molecule has 0 unspecified atom stereocenters. The number of H-pyrrole nitrogens is 1. The number of aromatic nitrogens is 3. The minimum absolute atomic E-state index is 0.251. The number of aryl methyl sites for hydroxylation is 1. The number of esters is 1. The van der Waals surface area contributed by atoms with E-state index in [9.17, 15) is 4.79 Å². The predicted molar refractivity (Wildman–Crippen MR) is 62.2 cm³/mol. The number of hydrogen-bond acceptors (Lipinski definition) is 4. The van der Waals surface area contributed by atoms with Gasteiger partial charge in [0.2, 0.25) is 0 Å². The lowest BCUT2D eigenvalue weighted by Gasteiger charge is -2.01. The van der Waals surface area contributed by atoms with Crippen molar-refractivity contribution in [1.82, 2.24) is 15.0 Å². The standard InChI is InChI=1S/C12H13N3O2/c1-17-12(16)5-4-11-14-8-6-10(15-11)9-3-2-7-13-9/h2-3,6-8,13H,4-5H2,1H3. The molecule has 0 bridgehead atoms. The third kappa shape index (κ3) is 2.90. The maximum atomic E-state index is 11.0. The van der Waals surface area contributed by atoms with Gasteiger partial charge in [-0.1, -0.05) is 0 Å². The van der Waals surface area contributed by atoms with Gasteiger partial charge in [0.25, 0.3) is 0 Å². The van der Waals surface area contributed by atoms with E-state index < -0.39 is 0 Å². The van der Waals surface area contributed by atoms with Crippen LogP contribution in [0.4, 0.5) is 0 Å². The van der Waals surface area contributed by atoms with Crippen molar-refractivity contribution in [3.8, 4) is 11.4 Å². The first-order chi connectivity index (χ1) is 8.29. The van der Waals surface area contributed by atoms with Gasteiger partial charge in [-0.2, -0.15) is 0 Å². The first-order valence-electron chi connectivity index (χ1n) is 5.32. The average molecular weight is 231 g/mol. The minimum Gasteiger partial charge on any atom is -0.469 e. The van der Waals surface area contributed by atoms with Gasteiger partial charge in [0, 0.05) is 18.8 Å². The minimum atomic E-state index is -0.251. The second-order valence-electron chi connectivity index (χ2n) is 3.52. The van der Waals surface area contributed by atoms with Crippen LogP contribution >= 0.6 is 0 Å². The molecule has 0 atom stereocenters. The molecule has 5 heteroatoms. The Labute approximate surface area is 98.9 Å². The molecule has 2 rings (SSSR count). The lowest BCUT2D eigenvalue weighted by atomic mass is 10.2. The van der Waals surface area contributed by atoms with E-state index in [0.29, 0.717) is 18.7 Å². The molecule has 0 radical (unpaired) electrons.